The standard InChI is InChI=1S/C19H18N4O3/c1-25-16-8-3-2-6-13(16)11-23-12-14(10-17(23)24)19-21-18(22-26-19)15-7-4-5-9-20-15/h2-9,14H,10-12H2,1H3. The summed E-state index contributed by atoms with van der Waals surface area (Å²) in [5.74, 6) is 1.65. The Morgan fingerprint density at radius 3 is 2.88 bits per heavy atom. The number of ether oxygens (including phenoxy) is 1. The average molecular weight is 350 g/mol. The predicted octanol–water partition coefficient (Wildman–Crippen LogP) is 2.66. The number of hydrogen-bond donors (Lipinski definition) is 0. The van der Waals surface area contributed by atoms with Gasteiger partial charge in [0.05, 0.1) is 13.0 Å². The van der Waals surface area contributed by atoms with Gasteiger partial charge in [-0.25, -0.2) is 0 Å². The van der Waals surface area contributed by atoms with Gasteiger partial charge in [-0.15, -0.1) is 0 Å². The van der Waals surface area contributed by atoms with Crippen molar-refractivity contribution in [2.75, 3.05) is 13.7 Å². The monoisotopic (exact) mass is 350 g/mol. The van der Waals surface area contributed by atoms with Gasteiger partial charge in [-0.2, -0.15) is 4.98 Å². The summed E-state index contributed by atoms with van der Waals surface area (Å²) in [6.45, 7) is 1.04. The first-order valence-electron chi connectivity index (χ1n) is 8.39. The van der Waals surface area contributed by atoms with Crippen LogP contribution in [0.3, 0.4) is 0 Å². The van der Waals surface area contributed by atoms with Crippen LogP contribution < -0.4 is 4.74 Å². The fourth-order valence-electron chi connectivity index (χ4n) is 3.13. The zero-order valence-electron chi connectivity index (χ0n) is 14.3. The number of methoxy groups -OCH3 is 1. The minimum Gasteiger partial charge on any atom is -0.496 e. The third-order valence-electron chi connectivity index (χ3n) is 4.45. The SMILES string of the molecule is COc1ccccc1CN1CC(c2nc(-c3ccccn3)no2)CC1=O. The normalized spacial score (nSPS) is 16.9. The van der Waals surface area contributed by atoms with E-state index in [-0.39, 0.29) is 11.8 Å². The van der Waals surface area contributed by atoms with E-state index in [2.05, 4.69) is 15.1 Å². The van der Waals surface area contributed by atoms with Crippen molar-refractivity contribution in [3.63, 3.8) is 0 Å². The number of rotatable bonds is 5. The first-order valence-corrected chi connectivity index (χ1v) is 8.39. The highest BCUT2D eigenvalue weighted by Gasteiger charge is 2.34. The summed E-state index contributed by atoms with van der Waals surface area (Å²) < 4.78 is 10.8. The van der Waals surface area contributed by atoms with Crippen molar-refractivity contribution in [1.29, 1.82) is 0 Å². The first-order chi connectivity index (χ1) is 12.7. The molecule has 1 saturated heterocycles. The largest absolute Gasteiger partial charge is 0.496 e. The molecule has 2 aromatic heterocycles. The maximum absolute atomic E-state index is 12.4. The van der Waals surface area contributed by atoms with Crippen LogP contribution in [0.2, 0.25) is 0 Å². The molecule has 0 radical (unpaired) electrons. The van der Waals surface area contributed by atoms with Crippen LogP contribution in [0.4, 0.5) is 0 Å². The van der Waals surface area contributed by atoms with Gasteiger partial charge in [-0.05, 0) is 18.2 Å². The van der Waals surface area contributed by atoms with Crippen LogP contribution in [0.25, 0.3) is 11.5 Å². The number of para-hydroxylation sites is 1. The molecule has 132 valence electrons. The summed E-state index contributed by atoms with van der Waals surface area (Å²) in [6, 6.07) is 13.2. The van der Waals surface area contributed by atoms with E-state index < -0.39 is 0 Å². The molecule has 1 atom stereocenters. The number of nitrogens with zero attached hydrogens (tertiary/aromatic N) is 4. The molecule has 1 aliphatic rings. The molecule has 7 nitrogen and oxygen atoms in total. The number of carbonyl (C=O) groups is 1. The minimum atomic E-state index is -0.109. The smallest absolute Gasteiger partial charge is 0.232 e. The van der Waals surface area contributed by atoms with Gasteiger partial charge in [0.25, 0.3) is 0 Å². The first kappa shape index (κ1) is 16.3. The third kappa shape index (κ3) is 3.15. The van der Waals surface area contributed by atoms with Crippen molar-refractivity contribution in [2.24, 2.45) is 0 Å². The molecule has 0 spiro atoms. The number of amides is 1. The maximum atomic E-state index is 12.4. The molecule has 0 bridgehead atoms. The lowest BCUT2D eigenvalue weighted by Crippen LogP contribution is -2.24. The molecule has 4 rings (SSSR count). The van der Waals surface area contributed by atoms with E-state index in [0.29, 0.717) is 36.9 Å². The van der Waals surface area contributed by atoms with Crippen LogP contribution in [0.5, 0.6) is 5.75 Å². The van der Waals surface area contributed by atoms with Gasteiger partial charge in [0.2, 0.25) is 17.6 Å². The lowest BCUT2D eigenvalue weighted by molar-refractivity contribution is -0.128. The summed E-state index contributed by atoms with van der Waals surface area (Å²) in [5.41, 5.74) is 1.63. The Kier molecular flexibility index (Phi) is 4.35. The van der Waals surface area contributed by atoms with E-state index >= 15 is 0 Å². The molecule has 1 fully saturated rings. The van der Waals surface area contributed by atoms with Crippen molar-refractivity contribution in [3.8, 4) is 17.3 Å². The van der Waals surface area contributed by atoms with Gasteiger partial charge >= 0.3 is 0 Å². The number of likely N-dealkylation sites (tertiary alicyclic amines) is 1. The highest BCUT2D eigenvalue weighted by Crippen LogP contribution is 2.30. The number of carbonyl (C=O) groups excluding carboxylic acids is 1. The van der Waals surface area contributed by atoms with E-state index in [9.17, 15) is 4.79 Å². The fourth-order valence-corrected chi connectivity index (χ4v) is 3.13. The molecular formula is C19H18N4O3. The predicted molar refractivity (Wildman–Crippen MR) is 93.3 cm³/mol. The second-order valence-corrected chi connectivity index (χ2v) is 6.16. The van der Waals surface area contributed by atoms with Crippen molar-refractivity contribution in [1.82, 2.24) is 20.0 Å². The van der Waals surface area contributed by atoms with Crippen LogP contribution in [0.15, 0.2) is 53.2 Å². The Morgan fingerprint density at radius 1 is 1.23 bits per heavy atom. The van der Waals surface area contributed by atoms with Crippen LogP contribution in [0.1, 0.15) is 23.8 Å². The van der Waals surface area contributed by atoms with Gasteiger partial charge in [-0.3, -0.25) is 9.78 Å². The zero-order chi connectivity index (χ0) is 17.9. The molecule has 0 saturated carbocycles. The molecule has 7 heteroatoms. The average Bonchev–Trinajstić information content (AvgIpc) is 3.30. The number of hydrogen-bond acceptors (Lipinski definition) is 6. The number of aromatic nitrogens is 3. The second kappa shape index (κ2) is 6.95. The van der Waals surface area contributed by atoms with Gasteiger partial charge in [-0.1, -0.05) is 29.4 Å². The maximum Gasteiger partial charge on any atom is 0.232 e. The third-order valence-corrected chi connectivity index (χ3v) is 4.45. The van der Waals surface area contributed by atoms with Crippen LogP contribution in [-0.4, -0.2) is 39.6 Å². The molecular weight excluding hydrogens is 332 g/mol. The molecule has 1 unspecified atom stereocenters. The summed E-state index contributed by atoms with van der Waals surface area (Å²) in [7, 11) is 1.63. The Labute approximate surface area is 150 Å². The summed E-state index contributed by atoms with van der Waals surface area (Å²) in [5, 5.41) is 3.99. The quantitative estimate of drug-likeness (QED) is 0.704. The van der Waals surface area contributed by atoms with Crippen LogP contribution in [-0.2, 0) is 11.3 Å². The number of pyridine rings is 1. The van der Waals surface area contributed by atoms with Gasteiger partial charge < -0.3 is 14.2 Å². The number of benzene rings is 1. The summed E-state index contributed by atoms with van der Waals surface area (Å²) in [4.78, 5) is 22.9. The Hall–Kier alpha value is -3.22. The highest BCUT2D eigenvalue weighted by molar-refractivity contribution is 5.79. The highest BCUT2D eigenvalue weighted by atomic mass is 16.5. The van der Waals surface area contributed by atoms with E-state index in [1.807, 2.05) is 42.5 Å². The topological polar surface area (TPSA) is 81.3 Å². The van der Waals surface area contributed by atoms with Crippen molar-refractivity contribution in [3.05, 3.63) is 60.1 Å². The summed E-state index contributed by atoms with van der Waals surface area (Å²) in [6.07, 6.45) is 2.04. The second-order valence-electron chi connectivity index (χ2n) is 6.16. The molecule has 0 aliphatic carbocycles. The molecule has 1 amide bonds. The molecule has 0 N–H and O–H groups in total. The Balaban J connectivity index is 1.49. The van der Waals surface area contributed by atoms with Crippen LogP contribution in [0, 0.1) is 0 Å². The lowest BCUT2D eigenvalue weighted by atomic mass is 10.1. The molecule has 1 aromatic carbocycles. The summed E-state index contributed by atoms with van der Waals surface area (Å²) >= 11 is 0. The molecule has 3 aromatic rings. The molecule has 26 heavy (non-hydrogen) atoms. The van der Waals surface area contributed by atoms with Crippen molar-refractivity contribution < 1.29 is 14.1 Å². The van der Waals surface area contributed by atoms with E-state index in [1.54, 1.807) is 18.2 Å². The molecule has 3 heterocycles. The van der Waals surface area contributed by atoms with Crippen molar-refractivity contribution >= 4 is 5.91 Å². The van der Waals surface area contributed by atoms with Gasteiger partial charge in [0.1, 0.15) is 11.4 Å². The minimum absolute atomic E-state index is 0.0680. The van der Waals surface area contributed by atoms with E-state index in [0.717, 1.165) is 11.3 Å². The Bertz CT molecular complexity index is 910. The van der Waals surface area contributed by atoms with E-state index in [4.69, 9.17) is 9.26 Å². The van der Waals surface area contributed by atoms with Gasteiger partial charge in [0, 0.05) is 31.3 Å². The van der Waals surface area contributed by atoms with E-state index in [1.165, 1.54) is 0 Å². The zero-order valence-corrected chi connectivity index (χ0v) is 14.3. The van der Waals surface area contributed by atoms with Gasteiger partial charge in [0.15, 0.2) is 0 Å². The lowest BCUT2D eigenvalue weighted by Gasteiger charge is -2.17. The van der Waals surface area contributed by atoms with Crippen molar-refractivity contribution in [2.45, 2.75) is 18.9 Å². The Morgan fingerprint density at radius 2 is 2.08 bits per heavy atom. The fraction of sp³-hybridized carbons (Fsp3) is 0.263. The van der Waals surface area contributed by atoms with Crippen LogP contribution >= 0.6 is 0 Å². The molecule has 1 aliphatic heterocycles.